The first kappa shape index (κ1) is 17.4. The Kier molecular flexibility index (Phi) is 4.71. The number of rotatable bonds is 3. The molecule has 0 bridgehead atoms. The third-order valence-corrected chi connectivity index (χ3v) is 3.87. The van der Waals surface area contributed by atoms with E-state index >= 15 is 0 Å². The van der Waals surface area contributed by atoms with Crippen LogP contribution >= 0.6 is 0 Å². The lowest BCUT2D eigenvalue weighted by molar-refractivity contribution is -0.191. The molecule has 0 unspecified atom stereocenters. The fourth-order valence-electron chi connectivity index (χ4n) is 2.97. The average molecular weight is 329 g/mol. The summed E-state index contributed by atoms with van der Waals surface area (Å²) in [5.41, 5.74) is -1.60. The maximum atomic E-state index is 12.6. The normalized spacial score (nSPS) is 33.1. The molecular formula is C14H19NO8. The molecule has 2 rings (SSSR count). The molecule has 2 heterocycles. The molecule has 128 valence electrons. The minimum absolute atomic E-state index is 0.112. The number of hydrogen-bond acceptors (Lipinski definition) is 8. The maximum absolute atomic E-state index is 12.6. The van der Waals surface area contributed by atoms with Crippen molar-refractivity contribution in [3.63, 3.8) is 0 Å². The highest BCUT2D eigenvalue weighted by molar-refractivity contribution is 6.01. The van der Waals surface area contributed by atoms with Gasteiger partial charge in [0.15, 0.2) is 24.1 Å². The topological polar surface area (TPSA) is 108 Å². The van der Waals surface area contributed by atoms with E-state index in [4.69, 9.17) is 18.9 Å². The number of imide groups is 1. The molecule has 0 saturated carbocycles. The van der Waals surface area contributed by atoms with E-state index in [0.29, 0.717) is 0 Å². The number of methoxy groups -OCH3 is 1. The van der Waals surface area contributed by atoms with Gasteiger partial charge in [0.25, 0.3) is 5.91 Å². The Morgan fingerprint density at radius 1 is 1.17 bits per heavy atom. The van der Waals surface area contributed by atoms with Crippen LogP contribution in [0.3, 0.4) is 0 Å². The van der Waals surface area contributed by atoms with Gasteiger partial charge in [-0.1, -0.05) is 0 Å². The minimum Gasteiger partial charge on any atom is -0.455 e. The van der Waals surface area contributed by atoms with Gasteiger partial charge >= 0.3 is 11.9 Å². The zero-order valence-corrected chi connectivity index (χ0v) is 13.4. The lowest BCUT2D eigenvalue weighted by Crippen LogP contribution is -2.52. The molecule has 0 N–H and O–H groups in total. The van der Waals surface area contributed by atoms with E-state index in [2.05, 4.69) is 0 Å². The Bertz CT molecular complexity index is 547. The molecule has 0 aliphatic carbocycles. The number of esters is 2. The highest BCUT2D eigenvalue weighted by atomic mass is 16.7. The summed E-state index contributed by atoms with van der Waals surface area (Å²) in [6, 6.07) is 0. The third kappa shape index (κ3) is 2.93. The van der Waals surface area contributed by atoms with Gasteiger partial charge in [-0.05, 0) is 0 Å². The number of amides is 2. The van der Waals surface area contributed by atoms with Crippen LogP contribution in [0.1, 0.15) is 27.2 Å². The van der Waals surface area contributed by atoms with Crippen LogP contribution in [-0.4, -0.2) is 66.4 Å². The SMILES string of the molecule is CO[C@@H]1O[C@@]2(CCN(C(C)=O)C2=O)[C@@H](OC(C)=O)[C@H]1OC(C)=O. The lowest BCUT2D eigenvalue weighted by atomic mass is 9.93. The Labute approximate surface area is 132 Å². The smallest absolute Gasteiger partial charge is 0.303 e. The van der Waals surface area contributed by atoms with Crippen LogP contribution in [0, 0.1) is 0 Å². The second-order valence-electron chi connectivity index (χ2n) is 5.44. The Hall–Kier alpha value is -2.00. The maximum Gasteiger partial charge on any atom is 0.303 e. The first-order valence-corrected chi connectivity index (χ1v) is 7.10. The van der Waals surface area contributed by atoms with Gasteiger partial charge < -0.3 is 18.9 Å². The van der Waals surface area contributed by atoms with Gasteiger partial charge in [-0.25, -0.2) is 0 Å². The van der Waals surface area contributed by atoms with Crippen LogP contribution in [-0.2, 0) is 38.1 Å². The summed E-state index contributed by atoms with van der Waals surface area (Å²) in [5.74, 6) is -2.38. The fourth-order valence-corrected chi connectivity index (χ4v) is 2.97. The summed E-state index contributed by atoms with van der Waals surface area (Å²) in [6.07, 6.45) is -3.26. The van der Waals surface area contributed by atoms with Crippen LogP contribution in [0.15, 0.2) is 0 Å². The molecule has 4 atom stereocenters. The standard InChI is InChI=1S/C14H19NO8/c1-7(16)15-6-5-14(13(15)19)11(22-9(3)18)10(21-8(2)17)12(20-4)23-14/h10-12H,5-6H2,1-4H3/t10-,11+,12-,14+/m1/s1. The van der Waals surface area contributed by atoms with Crippen LogP contribution in [0.4, 0.5) is 0 Å². The van der Waals surface area contributed by atoms with E-state index in [-0.39, 0.29) is 13.0 Å². The van der Waals surface area contributed by atoms with Crippen molar-refractivity contribution in [3.05, 3.63) is 0 Å². The fraction of sp³-hybridized carbons (Fsp3) is 0.714. The number of ether oxygens (including phenoxy) is 4. The summed E-state index contributed by atoms with van der Waals surface area (Å²) in [4.78, 5) is 48.0. The molecule has 0 aromatic carbocycles. The van der Waals surface area contributed by atoms with Gasteiger partial charge in [0.05, 0.1) is 0 Å². The zero-order valence-electron chi connectivity index (χ0n) is 13.4. The highest BCUT2D eigenvalue weighted by Gasteiger charge is 2.67. The minimum atomic E-state index is -1.60. The molecule has 2 aliphatic rings. The van der Waals surface area contributed by atoms with E-state index in [1.165, 1.54) is 27.9 Å². The summed E-state index contributed by atoms with van der Waals surface area (Å²) >= 11 is 0. The highest BCUT2D eigenvalue weighted by Crippen LogP contribution is 2.43. The molecule has 2 fully saturated rings. The van der Waals surface area contributed by atoms with Gasteiger partial charge in [0.1, 0.15) is 0 Å². The van der Waals surface area contributed by atoms with Crippen molar-refractivity contribution in [2.45, 2.75) is 51.3 Å². The first-order chi connectivity index (χ1) is 10.7. The van der Waals surface area contributed by atoms with Crippen LogP contribution < -0.4 is 0 Å². The van der Waals surface area contributed by atoms with E-state index in [0.717, 1.165) is 4.90 Å². The second-order valence-corrected chi connectivity index (χ2v) is 5.44. The van der Waals surface area contributed by atoms with E-state index in [1.54, 1.807) is 0 Å². The summed E-state index contributed by atoms with van der Waals surface area (Å²) in [5, 5.41) is 0. The lowest BCUT2D eigenvalue weighted by Gasteiger charge is -2.28. The Balaban J connectivity index is 2.41. The number of hydrogen-bond donors (Lipinski definition) is 0. The van der Waals surface area contributed by atoms with Crippen molar-refractivity contribution in [1.29, 1.82) is 0 Å². The van der Waals surface area contributed by atoms with E-state index in [1.807, 2.05) is 0 Å². The largest absolute Gasteiger partial charge is 0.455 e. The molecule has 0 aromatic heterocycles. The molecule has 1 spiro atoms. The molecule has 0 aromatic rings. The monoisotopic (exact) mass is 329 g/mol. The summed E-state index contributed by atoms with van der Waals surface area (Å²) in [6.45, 7) is 3.72. The van der Waals surface area contributed by atoms with Gasteiger partial charge in [-0.2, -0.15) is 0 Å². The van der Waals surface area contributed by atoms with Crippen LogP contribution in [0.25, 0.3) is 0 Å². The second kappa shape index (κ2) is 6.25. The Morgan fingerprint density at radius 3 is 2.22 bits per heavy atom. The molecular weight excluding hydrogens is 310 g/mol. The van der Waals surface area contributed by atoms with Crippen molar-refractivity contribution in [3.8, 4) is 0 Å². The molecule has 9 heteroatoms. The van der Waals surface area contributed by atoms with Crippen molar-refractivity contribution < 1.29 is 38.1 Å². The van der Waals surface area contributed by atoms with E-state index in [9.17, 15) is 19.2 Å². The number of likely N-dealkylation sites (tertiary alicyclic amines) is 1. The van der Waals surface area contributed by atoms with Crippen molar-refractivity contribution >= 4 is 23.8 Å². The zero-order chi connectivity index (χ0) is 17.4. The van der Waals surface area contributed by atoms with Gasteiger partial charge in [-0.3, -0.25) is 24.1 Å². The molecule has 2 amide bonds. The third-order valence-electron chi connectivity index (χ3n) is 3.87. The summed E-state index contributed by atoms with van der Waals surface area (Å²) in [7, 11) is 1.31. The van der Waals surface area contributed by atoms with Gasteiger partial charge in [-0.15, -0.1) is 0 Å². The van der Waals surface area contributed by atoms with Gasteiger partial charge in [0, 0.05) is 40.8 Å². The molecule has 9 nitrogen and oxygen atoms in total. The number of nitrogens with zero attached hydrogens (tertiary/aromatic N) is 1. The van der Waals surface area contributed by atoms with Crippen LogP contribution in [0.2, 0.25) is 0 Å². The van der Waals surface area contributed by atoms with Gasteiger partial charge in [0.2, 0.25) is 5.91 Å². The number of carbonyl (C=O) groups excluding carboxylic acids is 4. The molecule has 2 aliphatic heterocycles. The molecule has 23 heavy (non-hydrogen) atoms. The number of carbonyl (C=O) groups is 4. The molecule has 0 radical (unpaired) electrons. The van der Waals surface area contributed by atoms with Crippen molar-refractivity contribution in [2.24, 2.45) is 0 Å². The molecule has 2 saturated heterocycles. The van der Waals surface area contributed by atoms with Crippen molar-refractivity contribution in [2.75, 3.05) is 13.7 Å². The summed E-state index contributed by atoms with van der Waals surface area (Å²) < 4.78 is 21.1. The first-order valence-electron chi connectivity index (χ1n) is 7.10. The van der Waals surface area contributed by atoms with E-state index < -0.39 is 47.9 Å². The average Bonchev–Trinajstić information content (AvgIpc) is 2.91. The predicted octanol–water partition coefficient (Wildman–Crippen LogP) is -0.630. The van der Waals surface area contributed by atoms with Crippen molar-refractivity contribution in [1.82, 2.24) is 4.90 Å². The quantitative estimate of drug-likeness (QED) is 0.630. The van der Waals surface area contributed by atoms with Crippen LogP contribution in [0.5, 0.6) is 0 Å². The predicted molar refractivity (Wildman–Crippen MR) is 72.7 cm³/mol. The Morgan fingerprint density at radius 2 is 1.78 bits per heavy atom.